The standard InChI is InChI=1S/C13H16Cl2N2O3/c1-8(10-7-9(14)4-5-11(10)15)17-13(20)16-6-2-3-12(18)19/h4-5,7-8H,2-3,6H2,1H3,(H,18,19)(H2,16,17,20)/t8-/m1/s1. The molecule has 20 heavy (non-hydrogen) atoms. The summed E-state index contributed by atoms with van der Waals surface area (Å²) in [4.78, 5) is 21.9. The summed E-state index contributed by atoms with van der Waals surface area (Å²) in [5.74, 6) is -0.883. The topological polar surface area (TPSA) is 78.4 Å². The first kappa shape index (κ1) is 16.6. The number of carboxylic acid groups (broad SMARTS) is 1. The third-order valence-electron chi connectivity index (χ3n) is 2.63. The minimum absolute atomic E-state index is 0.0238. The first-order valence-electron chi connectivity index (χ1n) is 6.11. The molecule has 1 aromatic carbocycles. The summed E-state index contributed by atoms with van der Waals surface area (Å²) in [6.45, 7) is 2.09. The smallest absolute Gasteiger partial charge is 0.315 e. The Bertz CT molecular complexity index is 495. The highest BCUT2D eigenvalue weighted by molar-refractivity contribution is 6.33. The van der Waals surface area contributed by atoms with E-state index in [9.17, 15) is 9.59 Å². The Morgan fingerprint density at radius 3 is 2.70 bits per heavy atom. The number of carbonyl (C=O) groups excluding carboxylic acids is 1. The lowest BCUT2D eigenvalue weighted by Gasteiger charge is -2.16. The maximum Gasteiger partial charge on any atom is 0.315 e. The molecule has 0 radical (unpaired) electrons. The molecule has 0 aliphatic carbocycles. The summed E-state index contributed by atoms with van der Waals surface area (Å²) in [5.41, 5.74) is 0.722. The molecule has 0 bridgehead atoms. The van der Waals surface area contributed by atoms with Crippen molar-refractivity contribution in [2.24, 2.45) is 0 Å². The van der Waals surface area contributed by atoms with Crippen LogP contribution in [0.3, 0.4) is 0 Å². The zero-order valence-corrected chi connectivity index (χ0v) is 12.5. The number of amides is 2. The van der Waals surface area contributed by atoms with Gasteiger partial charge in [0.2, 0.25) is 0 Å². The van der Waals surface area contributed by atoms with Crippen molar-refractivity contribution in [2.75, 3.05) is 6.54 Å². The molecule has 0 aromatic heterocycles. The van der Waals surface area contributed by atoms with Crippen molar-refractivity contribution in [2.45, 2.75) is 25.8 Å². The zero-order chi connectivity index (χ0) is 15.1. The Kier molecular flexibility index (Phi) is 6.61. The van der Waals surface area contributed by atoms with Crippen molar-refractivity contribution in [3.05, 3.63) is 33.8 Å². The van der Waals surface area contributed by atoms with Crippen LogP contribution in [0.2, 0.25) is 10.0 Å². The molecule has 0 aliphatic rings. The van der Waals surface area contributed by atoms with E-state index in [0.29, 0.717) is 23.0 Å². The molecular formula is C13H16Cl2N2O3. The first-order chi connectivity index (χ1) is 9.40. The molecule has 0 saturated heterocycles. The van der Waals surface area contributed by atoms with Crippen LogP contribution < -0.4 is 10.6 Å². The van der Waals surface area contributed by atoms with Crippen molar-refractivity contribution in [1.82, 2.24) is 10.6 Å². The van der Waals surface area contributed by atoms with E-state index in [0.717, 1.165) is 5.56 Å². The average Bonchev–Trinajstić information content (AvgIpc) is 2.37. The highest BCUT2D eigenvalue weighted by Gasteiger charge is 2.12. The monoisotopic (exact) mass is 318 g/mol. The Balaban J connectivity index is 2.45. The Morgan fingerprint density at radius 2 is 2.05 bits per heavy atom. The third kappa shape index (κ3) is 5.67. The highest BCUT2D eigenvalue weighted by atomic mass is 35.5. The fourth-order valence-electron chi connectivity index (χ4n) is 1.61. The van der Waals surface area contributed by atoms with Gasteiger partial charge in [0.1, 0.15) is 0 Å². The summed E-state index contributed by atoms with van der Waals surface area (Å²) >= 11 is 11.9. The molecule has 5 nitrogen and oxygen atoms in total. The second-order valence-corrected chi connectivity index (χ2v) is 5.13. The first-order valence-corrected chi connectivity index (χ1v) is 6.87. The van der Waals surface area contributed by atoms with Gasteiger partial charge < -0.3 is 15.7 Å². The average molecular weight is 319 g/mol. The van der Waals surface area contributed by atoms with E-state index in [-0.39, 0.29) is 18.5 Å². The quantitative estimate of drug-likeness (QED) is 0.705. The number of hydrogen-bond acceptors (Lipinski definition) is 2. The number of carboxylic acids is 1. The number of benzene rings is 1. The number of nitrogens with one attached hydrogen (secondary N) is 2. The predicted octanol–water partition coefficient (Wildman–Crippen LogP) is 3.22. The molecule has 1 rings (SSSR count). The molecule has 1 aromatic rings. The molecule has 0 fully saturated rings. The zero-order valence-electron chi connectivity index (χ0n) is 11.0. The van der Waals surface area contributed by atoms with Gasteiger partial charge in [-0.1, -0.05) is 23.2 Å². The fraction of sp³-hybridized carbons (Fsp3) is 0.385. The predicted molar refractivity (Wildman–Crippen MR) is 78.3 cm³/mol. The van der Waals surface area contributed by atoms with Crippen LogP contribution in [0.25, 0.3) is 0 Å². The number of carbonyl (C=O) groups is 2. The second-order valence-electron chi connectivity index (χ2n) is 4.29. The molecule has 0 unspecified atom stereocenters. The molecule has 0 spiro atoms. The van der Waals surface area contributed by atoms with E-state index in [1.165, 1.54) is 0 Å². The summed E-state index contributed by atoms with van der Waals surface area (Å²) < 4.78 is 0. The number of aliphatic carboxylic acids is 1. The van der Waals surface area contributed by atoms with Gasteiger partial charge in [-0.2, -0.15) is 0 Å². The van der Waals surface area contributed by atoms with Gasteiger partial charge in [0, 0.05) is 23.0 Å². The van der Waals surface area contributed by atoms with Crippen molar-refractivity contribution in [1.29, 1.82) is 0 Å². The van der Waals surface area contributed by atoms with Gasteiger partial charge in [-0.25, -0.2) is 4.79 Å². The maximum atomic E-state index is 11.6. The summed E-state index contributed by atoms with van der Waals surface area (Å²) in [7, 11) is 0. The highest BCUT2D eigenvalue weighted by Crippen LogP contribution is 2.25. The van der Waals surface area contributed by atoms with Gasteiger partial charge in [0.05, 0.1) is 6.04 Å². The van der Waals surface area contributed by atoms with Crippen LogP contribution in [0.15, 0.2) is 18.2 Å². The van der Waals surface area contributed by atoms with E-state index in [1.54, 1.807) is 25.1 Å². The van der Waals surface area contributed by atoms with E-state index >= 15 is 0 Å². The Hall–Kier alpha value is -1.46. The lowest BCUT2D eigenvalue weighted by molar-refractivity contribution is -0.137. The van der Waals surface area contributed by atoms with Crippen LogP contribution in [0.5, 0.6) is 0 Å². The minimum atomic E-state index is -0.883. The largest absolute Gasteiger partial charge is 0.481 e. The number of halogens is 2. The van der Waals surface area contributed by atoms with Gasteiger partial charge in [-0.05, 0) is 37.1 Å². The minimum Gasteiger partial charge on any atom is -0.481 e. The number of hydrogen-bond donors (Lipinski definition) is 3. The summed E-state index contributed by atoms with van der Waals surface area (Å²) in [6, 6.07) is 4.35. The summed E-state index contributed by atoms with van der Waals surface area (Å²) in [5, 5.41) is 14.8. The van der Waals surface area contributed by atoms with Crippen molar-refractivity contribution < 1.29 is 14.7 Å². The SMILES string of the molecule is C[C@@H](NC(=O)NCCCC(=O)O)c1cc(Cl)ccc1Cl. The Labute approximate surface area is 127 Å². The van der Waals surface area contributed by atoms with E-state index in [2.05, 4.69) is 10.6 Å². The van der Waals surface area contributed by atoms with Crippen LogP contribution in [-0.4, -0.2) is 23.7 Å². The molecule has 0 heterocycles. The van der Waals surface area contributed by atoms with E-state index in [4.69, 9.17) is 28.3 Å². The van der Waals surface area contributed by atoms with Gasteiger partial charge in [-0.3, -0.25) is 4.79 Å². The van der Waals surface area contributed by atoms with Gasteiger partial charge in [0.25, 0.3) is 0 Å². The second kappa shape index (κ2) is 7.97. The fourth-order valence-corrected chi connectivity index (χ4v) is 2.08. The van der Waals surface area contributed by atoms with E-state index < -0.39 is 5.97 Å². The van der Waals surface area contributed by atoms with Crippen LogP contribution >= 0.6 is 23.2 Å². The molecule has 7 heteroatoms. The van der Waals surface area contributed by atoms with Gasteiger partial charge in [0.15, 0.2) is 0 Å². The van der Waals surface area contributed by atoms with Crippen LogP contribution in [0.4, 0.5) is 4.79 Å². The van der Waals surface area contributed by atoms with Crippen LogP contribution in [0.1, 0.15) is 31.4 Å². The normalized spacial score (nSPS) is 11.8. The molecule has 3 N–H and O–H groups in total. The Morgan fingerprint density at radius 1 is 1.35 bits per heavy atom. The van der Waals surface area contributed by atoms with Gasteiger partial charge in [-0.15, -0.1) is 0 Å². The molecule has 0 aliphatic heterocycles. The molecule has 2 amide bonds. The maximum absolute atomic E-state index is 11.6. The van der Waals surface area contributed by atoms with Crippen molar-refractivity contribution in [3.8, 4) is 0 Å². The molecule has 1 atom stereocenters. The third-order valence-corrected chi connectivity index (χ3v) is 3.20. The van der Waals surface area contributed by atoms with Crippen molar-refractivity contribution >= 4 is 35.2 Å². The lowest BCUT2D eigenvalue weighted by Crippen LogP contribution is -2.37. The molecule has 0 saturated carbocycles. The van der Waals surface area contributed by atoms with E-state index in [1.807, 2.05) is 0 Å². The molecule has 110 valence electrons. The summed E-state index contributed by atoms with van der Waals surface area (Å²) in [6.07, 6.45) is 0.408. The number of rotatable bonds is 6. The lowest BCUT2D eigenvalue weighted by atomic mass is 10.1. The van der Waals surface area contributed by atoms with Crippen molar-refractivity contribution in [3.63, 3.8) is 0 Å². The van der Waals surface area contributed by atoms with Crippen LogP contribution in [-0.2, 0) is 4.79 Å². The molecular weight excluding hydrogens is 303 g/mol. The number of urea groups is 1. The van der Waals surface area contributed by atoms with Crippen LogP contribution in [0, 0.1) is 0 Å². The van der Waals surface area contributed by atoms with Gasteiger partial charge >= 0.3 is 12.0 Å².